The van der Waals surface area contributed by atoms with Crippen molar-refractivity contribution < 1.29 is 15.0 Å². The Labute approximate surface area is 216 Å². The number of aliphatic hydroxyl groups is 1. The molecule has 0 aromatic heterocycles. The molecule has 2 N–H and O–H groups in total. The molecule has 0 radical (unpaired) electrons. The Hall–Kier alpha value is -2.63. The van der Waals surface area contributed by atoms with Crippen molar-refractivity contribution in [3.63, 3.8) is 0 Å². The van der Waals surface area contributed by atoms with Crippen LogP contribution < -0.4 is 4.90 Å². The number of piperazine rings is 1. The second-order valence-electron chi connectivity index (χ2n) is 12.1. The van der Waals surface area contributed by atoms with Gasteiger partial charge in [-0.3, -0.25) is 4.90 Å². The molecule has 4 rings (SSSR count). The number of nitrogens with zero attached hydrogens (tertiary/aromatic N) is 2. The predicted octanol–water partition coefficient (Wildman–Crippen LogP) is 6.01. The first-order chi connectivity index (χ1) is 16.9. The molecular weight excluding hydrogens is 448 g/mol. The average molecular weight is 491 g/mol. The molecule has 1 fully saturated rings. The van der Waals surface area contributed by atoms with Gasteiger partial charge in [-0.2, -0.15) is 0 Å². The minimum Gasteiger partial charge on any atom is -0.478 e. The fourth-order valence-electron chi connectivity index (χ4n) is 5.73. The normalized spacial score (nSPS) is 20.5. The SMILES string of the molecule is CC(C)N1CCN(c2cc(C(O)/C=C/c3ccc(C(=O)O)cc3)cc3c2C(C)(C)CCC3(C)C)CC1. The zero-order valence-electron chi connectivity index (χ0n) is 22.7. The third-order valence-electron chi connectivity index (χ3n) is 8.28. The summed E-state index contributed by atoms with van der Waals surface area (Å²) < 4.78 is 0. The maximum atomic E-state index is 11.3. The quantitative estimate of drug-likeness (QED) is 0.519. The van der Waals surface area contributed by atoms with Crippen molar-refractivity contribution in [1.29, 1.82) is 0 Å². The molecule has 36 heavy (non-hydrogen) atoms. The van der Waals surface area contributed by atoms with E-state index >= 15 is 0 Å². The summed E-state index contributed by atoms with van der Waals surface area (Å²) in [6.45, 7) is 18.0. The number of anilines is 1. The highest BCUT2D eigenvalue weighted by atomic mass is 16.4. The molecule has 1 saturated heterocycles. The second kappa shape index (κ2) is 10.0. The highest BCUT2D eigenvalue weighted by molar-refractivity contribution is 5.87. The highest BCUT2D eigenvalue weighted by Crippen LogP contribution is 2.50. The van der Waals surface area contributed by atoms with Gasteiger partial charge in [0, 0.05) is 37.9 Å². The van der Waals surface area contributed by atoms with Gasteiger partial charge in [-0.25, -0.2) is 4.79 Å². The fraction of sp³-hybridized carbons (Fsp3) is 0.516. The summed E-state index contributed by atoms with van der Waals surface area (Å²) in [7, 11) is 0. The maximum absolute atomic E-state index is 11.3. The smallest absolute Gasteiger partial charge is 0.335 e. The molecule has 2 aromatic rings. The van der Waals surface area contributed by atoms with E-state index in [4.69, 9.17) is 5.11 Å². The summed E-state index contributed by atoms with van der Waals surface area (Å²) in [5.74, 6) is -0.938. The van der Waals surface area contributed by atoms with E-state index in [0.717, 1.165) is 50.1 Å². The van der Waals surface area contributed by atoms with Crippen LogP contribution in [0.2, 0.25) is 0 Å². The van der Waals surface area contributed by atoms with Crippen LogP contribution in [0.1, 0.15) is 93.1 Å². The summed E-state index contributed by atoms with van der Waals surface area (Å²) in [5.41, 5.74) is 6.25. The summed E-state index contributed by atoms with van der Waals surface area (Å²) in [6.07, 6.45) is 5.20. The molecule has 1 aliphatic heterocycles. The van der Waals surface area contributed by atoms with Gasteiger partial charge in [-0.15, -0.1) is 0 Å². The van der Waals surface area contributed by atoms with Crippen LogP contribution in [0.25, 0.3) is 6.08 Å². The Morgan fingerprint density at radius 2 is 1.56 bits per heavy atom. The van der Waals surface area contributed by atoms with E-state index in [0.29, 0.717) is 6.04 Å². The van der Waals surface area contributed by atoms with Gasteiger partial charge in [0.1, 0.15) is 0 Å². The minimum absolute atomic E-state index is 0.0471. The van der Waals surface area contributed by atoms with Crippen LogP contribution in [0.15, 0.2) is 42.5 Å². The van der Waals surface area contributed by atoms with Crippen molar-refractivity contribution in [3.8, 4) is 0 Å². The van der Waals surface area contributed by atoms with Gasteiger partial charge >= 0.3 is 5.97 Å². The fourth-order valence-corrected chi connectivity index (χ4v) is 5.73. The predicted molar refractivity (Wildman–Crippen MR) is 148 cm³/mol. The lowest BCUT2D eigenvalue weighted by Crippen LogP contribution is -2.50. The summed E-state index contributed by atoms with van der Waals surface area (Å²) in [4.78, 5) is 16.2. The molecule has 2 aliphatic rings. The largest absolute Gasteiger partial charge is 0.478 e. The zero-order chi connectivity index (χ0) is 26.3. The number of fused-ring (bicyclic) bond motifs is 1. The van der Waals surface area contributed by atoms with Crippen molar-refractivity contribution in [3.05, 3.63) is 70.3 Å². The molecule has 0 saturated carbocycles. The Bertz CT molecular complexity index is 1120. The molecule has 1 heterocycles. The van der Waals surface area contributed by atoms with Gasteiger partial charge in [0.2, 0.25) is 0 Å². The molecule has 0 bridgehead atoms. The number of carbonyl (C=O) groups is 1. The van der Waals surface area contributed by atoms with E-state index in [1.54, 1.807) is 30.3 Å². The molecule has 1 atom stereocenters. The van der Waals surface area contributed by atoms with E-state index in [1.165, 1.54) is 16.8 Å². The van der Waals surface area contributed by atoms with Gasteiger partial charge in [0.15, 0.2) is 0 Å². The Morgan fingerprint density at radius 1 is 0.944 bits per heavy atom. The molecule has 194 valence electrons. The number of aromatic carboxylic acids is 1. The van der Waals surface area contributed by atoms with Gasteiger partial charge in [-0.05, 0) is 78.0 Å². The zero-order valence-corrected chi connectivity index (χ0v) is 22.7. The standard InChI is InChI=1S/C31H42N2O3/c1-21(2)32-15-17-33(18-16-32)26-20-24(19-25-28(26)31(5,6)14-13-30(25,3)4)27(34)12-9-22-7-10-23(11-8-22)29(35)36/h7-12,19-21,27,34H,13-18H2,1-6H3,(H,35,36)/b12-9+. The van der Waals surface area contributed by atoms with E-state index in [-0.39, 0.29) is 16.4 Å². The molecule has 0 amide bonds. The van der Waals surface area contributed by atoms with E-state index < -0.39 is 12.1 Å². The van der Waals surface area contributed by atoms with Crippen LogP contribution >= 0.6 is 0 Å². The molecule has 1 unspecified atom stereocenters. The van der Waals surface area contributed by atoms with Gasteiger partial charge < -0.3 is 15.1 Å². The first kappa shape index (κ1) is 26.4. The molecule has 5 heteroatoms. The number of hydrogen-bond acceptors (Lipinski definition) is 4. The lowest BCUT2D eigenvalue weighted by molar-refractivity contribution is 0.0697. The number of benzene rings is 2. The maximum Gasteiger partial charge on any atom is 0.335 e. The van der Waals surface area contributed by atoms with Crippen LogP contribution in [0.4, 0.5) is 5.69 Å². The van der Waals surface area contributed by atoms with Gasteiger partial charge in [0.25, 0.3) is 0 Å². The van der Waals surface area contributed by atoms with Crippen molar-refractivity contribution in [2.45, 2.75) is 77.4 Å². The number of carboxylic acids is 1. The molecule has 0 spiro atoms. The van der Waals surface area contributed by atoms with Crippen molar-refractivity contribution >= 4 is 17.7 Å². The van der Waals surface area contributed by atoms with Crippen molar-refractivity contribution in [1.82, 2.24) is 4.90 Å². The lowest BCUT2D eigenvalue weighted by atomic mass is 9.62. The van der Waals surface area contributed by atoms with Crippen LogP contribution in [-0.2, 0) is 10.8 Å². The van der Waals surface area contributed by atoms with Crippen LogP contribution in [0.3, 0.4) is 0 Å². The summed E-state index contributed by atoms with van der Waals surface area (Å²) in [5, 5.41) is 20.4. The minimum atomic E-state index is -0.938. The molecule has 2 aromatic carbocycles. The number of carboxylic acid groups (broad SMARTS) is 1. The van der Waals surface area contributed by atoms with E-state index in [1.807, 2.05) is 6.08 Å². The molecule has 5 nitrogen and oxygen atoms in total. The topological polar surface area (TPSA) is 64.0 Å². The Balaban J connectivity index is 1.71. The number of rotatable bonds is 6. The first-order valence-electron chi connectivity index (χ1n) is 13.3. The first-order valence-corrected chi connectivity index (χ1v) is 13.3. The third kappa shape index (κ3) is 5.37. The molecular formula is C31H42N2O3. The monoisotopic (exact) mass is 490 g/mol. The van der Waals surface area contributed by atoms with Crippen LogP contribution in [-0.4, -0.2) is 53.3 Å². The lowest BCUT2D eigenvalue weighted by Gasteiger charge is -2.46. The summed E-state index contributed by atoms with van der Waals surface area (Å²) >= 11 is 0. The second-order valence-corrected chi connectivity index (χ2v) is 12.1. The van der Waals surface area contributed by atoms with E-state index in [9.17, 15) is 9.90 Å². The molecule has 1 aliphatic carbocycles. The average Bonchev–Trinajstić information content (AvgIpc) is 2.85. The number of hydrogen-bond donors (Lipinski definition) is 2. The van der Waals surface area contributed by atoms with Crippen molar-refractivity contribution in [2.75, 3.05) is 31.1 Å². The highest BCUT2D eigenvalue weighted by Gasteiger charge is 2.40. The van der Waals surface area contributed by atoms with E-state index in [2.05, 4.69) is 63.5 Å². The van der Waals surface area contributed by atoms with Gasteiger partial charge in [-0.1, -0.05) is 58.0 Å². The van der Waals surface area contributed by atoms with Crippen LogP contribution in [0, 0.1) is 0 Å². The number of aliphatic hydroxyl groups excluding tert-OH is 1. The third-order valence-corrected chi connectivity index (χ3v) is 8.28. The Morgan fingerprint density at radius 3 is 2.14 bits per heavy atom. The van der Waals surface area contributed by atoms with Crippen LogP contribution in [0.5, 0.6) is 0 Å². The van der Waals surface area contributed by atoms with Crippen molar-refractivity contribution in [2.24, 2.45) is 0 Å². The Kier molecular flexibility index (Phi) is 7.36. The summed E-state index contributed by atoms with van der Waals surface area (Å²) in [6, 6.07) is 11.7. The van der Waals surface area contributed by atoms with Gasteiger partial charge in [0.05, 0.1) is 11.7 Å².